The van der Waals surface area contributed by atoms with Gasteiger partial charge in [-0.05, 0) is 41.5 Å². The summed E-state index contributed by atoms with van der Waals surface area (Å²) in [6.45, 7) is 0. The average Bonchev–Trinajstić information content (AvgIpc) is 3.35. The zero-order valence-electron chi connectivity index (χ0n) is 20.6. The monoisotopic (exact) mass is 484 g/mol. The smallest absolute Gasteiger partial charge is 0.203 e. The lowest BCUT2D eigenvalue weighted by atomic mass is 10.1. The second-order valence-electron chi connectivity index (χ2n) is 7.84. The molecule has 4 rings (SSSR count). The third-order valence-corrected chi connectivity index (χ3v) is 5.71. The Morgan fingerprint density at radius 1 is 0.806 bits per heavy atom. The summed E-state index contributed by atoms with van der Waals surface area (Å²) in [5, 5.41) is 4.06. The number of H-pyrrole nitrogens is 1. The molecule has 4 aromatic rings. The molecule has 0 amide bonds. The minimum absolute atomic E-state index is 0.0997. The maximum atomic E-state index is 12.7. The first-order valence-electron chi connectivity index (χ1n) is 11.3. The van der Waals surface area contributed by atoms with Crippen LogP contribution in [0.5, 0.6) is 23.0 Å². The zero-order valence-corrected chi connectivity index (χ0v) is 20.6. The molecule has 1 heterocycles. The summed E-state index contributed by atoms with van der Waals surface area (Å²) in [6.07, 6.45) is 8.77. The van der Waals surface area contributed by atoms with Gasteiger partial charge in [-0.15, -0.1) is 0 Å². The van der Waals surface area contributed by atoms with Gasteiger partial charge in [0.25, 0.3) is 0 Å². The molecule has 0 saturated heterocycles. The summed E-state index contributed by atoms with van der Waals surface area (Å²) in [6, 6.07) is 17.2. The number of hydrogen-bond donors (Lipinski definition) is 2. The van der Waals surface area contributed by atoms with Crippen molar-refractivity contribution < 1.29 is 23.7 Å². The van der Waals surface area contributed by atoms with Crippen LogP contribution in [0, 0.1) is 0 Å². The summed E-state index contributed by atoms with van der Waals surface area (Å²) in [5.41, 5.74) is 4.10. The quantitative estimate of drug-likeness (QED) is 0.159. The number of para-hydroxylation sites is 1. The Labute approximate surface area is 210 Å². The van der Waals surface area contributed by atoms with E-state index in [0.29, 0.717) is 28.6 Å². The summed E-state index contributed by atoms with van der Waals surface area (Å²) in [4.78, 5) is 15.8. The van der Waals surface area contributed by atoms with Crippen molar-refractivity contribution in [3.05, 3.63) is 89.8 Å². The van der Waals surface area contributed by atoms with Crippen molar-refractivity contribution in [2.24, 2.45) is 0 Å². The Hall–Kier alpha value is -4.65. The van der Waals surface area contributed by atoms with Gasteiger partial charge in [-0.1, -0.05) is 36.4 Å². The first-order valence-corrected chi connectivity index (χ1v) is 11.3. The van der Waals surface area contributed by atoms with Crippen LogP contribution in [0.1, 0.15) is 21.5 Å². The van der Waals surface area contributed by atoms with Crippen LogP contribution in [-0.4, -0.2) is 39.2 Å². The van der Waals surface area contributed by atoms with E-state index in [4.69, 9.17) is 18.9 Å². The van der Waals surface area contributed by atoms with E-state index in [0.717, 1.165) is 27.7 Å². The van der Waals surface area contributed by atoms with Crippen molar-refractivity contribution in [3.8, 4) is 23.0 Å². The SMILES string of the molecule is COc1ccc(/C=C\c2cc(OC)c(OC)c(OC)c2)cc1N/C=C\C(=O)c1c[nH]c2ccccc12. The summed E-state index contributed by atoms with van der Waals surface area (Å²) in [5.74, 6) is 2.26. The van der Waals surface area contributed by atoms with E-state index >= 15 is 0 Å². The highest BCUT2D eigenvalue weighted by molar-refractivity contribution is 6.13. The number of anilines is 1. The second-order valence-corrected chi connectivity index (χ2v) is 7.84. The third-order valence-electron chi connectivity index (χ3n) is 5.71. The first-order chi connectivity index (χ1) is 17.6. The van der Waals surface area contributed by atoms with Crippen LogP contribution >= 0.6 is 0 Å². The number of ketones is 1. The van der Waals surface area contributed by atoms with E-state index < -0.39 is 0 Å². The van der Waals surface area contributed by atoms with Gasteiger partial charge in [-0.2, -0.15) is 0 Å². The number of fused-ring (bicyclic) bond motifs is 1. The summed E-state index contributed by atoms with van der Waals surface area (Å²) < 4.78 is 21.7. The van der Waals surface area contributed by atoms with Gasteiger partial charge in [0.1, 0.15) is 5.75 Å². The number of methoxy groups -OCH3 is 4. The number of carbonyl (C=O) groups excluding carboxylic acids is 1. The molecule has 0 radical (unpaired) electrons. The number of carbonyl (C=O) groups is 1. The van der Waals surface area contributed by atoms with E-state index in [1.165, 1.54) is 6.08 Å². The Bertz CT molecular complexity index is 1410. The van der Waals surface area contributed by atoms with E-state index in [-0.39, 0.29) is 5.78 Å². The zero-order chi connectivity index (χ0) is 25.5. The molecule has 36 heavy (non-hydrogen) atoms. The number of rotatable bonds is 10. The maximum absolute atomic E-state index is 12.7. The molecule has 7 nitrogen and oxygen atoms in total. The van der Waals surface area contributed by atoms with Gasteiger partial charge >= 0.3 is 0 Å². The van der Waals surface area contributed by atoms with E-state index in [9.17, 15) is 4.79 Å². The van der Waals surface area contributed by atoms with Crippen LogP contribution in [0.15, 0.2) is 73.1 Å². The first kappa shape index (κ1) is 24.5. The fourth-order valence-corrected chi connectivity index (χ4v) is 3.90. The number of aromatic nitrogens is 1. The molecule has 2 N–H and O–H groups in total. The highest BCUT2D eigenvalue weighted by Crippen LogP contribution is 2.38. The van der Waals surface area contributed by atoms with E-state index in [1.807, 2.05) is 66.7 Å². The number of nitrogens with one attached hydrogen (secondary N) is 2. The van der Waals surface area contributed by atoms with Crippen LogP contribution in [0.3, 0.4) is 0 Å². The molecular formula is C29H28N2O5. The van der Waals surface area contributed by atoms with Crippen LogP contribution in [0.4, 0.5) is 5.69 Å². The Balaban J connectivity index is 1.53. The molecule has 3 aromatic carbocycles. The predicted octanol–water partition coefficient (Wildman–Crippen LogP) is 6.18. The van der Waals surface area contributed by atoms with Crippen molar-refractivity contribution in [3.63, 3.8) is 0 Å². The molecule has 0 unspecified atom stereocenters. The van der Waals surface area contributed by atoms with Gasteiger partial charge in [-0.3, -0.25) is 4.79 Å². The molecule has 0 spiro atoms. The van der Waals surface area contributed by atoms with Crippen LogP contribution in [0.2, 0.25) is 0 Å². The van der Waals surface area contributed by atoms with Crippen molar-refractivity contribution in [2.45, 2.75) is 0 Å². The molecule has 0 saturated carbocycles. The molecule has 0 aliphatic heterocycles. The molecule has 0 bridgehead atoms. The molecule has 1 aromatic heterocycles. The predicted molar refractivity (Wildman–Crippen MR) is 143 cm³/mol. The minimum Gasteiger partial charge on any atom is -0.495 e. The lowest BCUT2D eigenvalue weighted by Crippen LogP contribution is -1.97. The Kier molecular flexibility index (Phi) is 7.60. The van der Waals surface area contributed by atoms with Crippen LogP contribution < -0.4 is 24.3 Å². The Morgan fingerprint density at radius 2 is 1.50 bits per heavy atom. The highest BCUT2D eigenvalue weighted by atomic mass is 16.5. The van der Waals surface area contributed by atoms with Gasteiger partial charge in [-0.25, -0.2) is 0 Å². The van der Waals surface area contributed by atoms with Gasteiger partial charge in [0.2, 0.25) is 5.75 Å². The van der Waals surface area contributed by atoms with Crippen molar-refractivity contribution in [2.75, 3.05) is 33.8 Å². The molecule has 0 aliphatic rings. The number of ether oxygens (including phenoxy) is 4. The summed E-state index contributed by atoms with van der Waals surface area (Å²) >= 11 is 0. The minimum atomic E-state index is -0.0997. The van der Waals surface area contributed by atoms with Gasteiger partial charge in [0.15, 0.2) is 17.3 Å². The van der Waals surface area contributed by atoms with E-state index in [1.54, 1.807) is 40.8 Å². The largest absolute Gasteiger partial charge is 0.495 e. The van der Waals surface area contributed by atoms with Crippen molar-refractivity contribution in [1.82, 2.24) is 4.98 Å². The highest BCUT2D eigenvalue weighted by Gasteiger charge is 2.12. The molecule has 0 fully saturated rings. The molecule has 0 atom stereocenters. The lowest BCUT2D eigenvalue weighted by molar-refractivity contribution is 0.104. The number of benzene rings is 3. The third kappa shape index (κ3) is 5.20. The van der Waals surface area contributed by atoms with Crippen LogP contribution in [-0.2, 0) is 0 Å². The summed E-state index contributed by atoms with van der Waals surface area (Å²) in [7, 11) is 6.35. The van der Waals surface area contributed by atoms with E-state index in [2.05, 4.69) is 10.3 Å². The molecule has 7 heteroatoms. The van der Waals surface area contributed by atoms with Gasteiger partial charge in [0.05, 0.1) is 34.1 Å². The molecule has 184 valence electrons. The fourth-order valence-electron chi connectivity index (χ4n) is 3.90. The average molecular weight is 485 g/mol. The number of aromatic amines is 1. The molecular weight excluding hydrogens is 456 g/mol. The normalized spacial score (nSPS) is 11.2. The number of allylic oxidation sites excluding steroid dienone is 1. The van der Waals surface area contributed by atoms with Gasteiger partial charge in [0, 0.05) is 34.9 Å². The van der Waals surface area contributed by atoms with Crippen molar-refractivity contribution in [1.29, 1.82) is 0 Å². The van der Waals surface area contributed by atoms with Gasteiger partial charge < -0.3 is 29.2 Å². The standard InChI is InChI=1S/C29H28N2O5/c1-33-26-12-11-19(9-10-20-16-27(34-2)29(36-4)28(17-20)35-3)15-24(26)30-14-13-25(32)22-18-31-23-8-6-5-7-21(22)23/h5-18,30-31H,1-4H3/b10-9-,14-13-. The van der Waals surface area contributed by atoms with Crippen LogP contribution in [0.25, 0.3) is 23.1 Å². The maximum Gasteiger partial charge on any atom is 0.203 e. The Morgan fingerprint density at radius 3 is 2.19 bits per heavy atom. The van der Waals surface area contributed by atoms with Crippen molar-refractivity contribution >= 4 is 34.5 Å². The molecule has 0 aliphatic carbocycles. The lowest BCUT2D eigenvalue weighted by Gasteiger charge is -2.13. The topological polar surface area (TPSA) is 81.8 Å². The second kappa shape index (κ2) is 11.2. The number of hydrogen-bond acceptors (Lipinski definition) is 6. The fraction of sp³-hybridized carbons (Fsp3) is 0.138.